The van der Waals surface area contributed by atoms with Gasteiger partial charge in [0.05, 0.1) is 0 Å². The molecule has 2 N–H and O–H groups in total. The molecule has 0 aliphatic heterocycles. The van der Waals surface area contributed by atoms with E-state index >= 15 is 0 Å². The van der Waals surface area contributed by atoms with Gasteiger partial charge in [0.25, 0.3) is 0 Å². The maximum Gasteiger partial charge on any atom is 0.000419 e. The Bertz CT molecular complexity index is 537. The highest BCUT2D eigenvalue weighted by Crippen LogP contribution is 2.24. The van der Waals surface area contributed by atoms with Gasteiger partial charge in [0, 0.05) is 5.92 Å². The summed E-state index contributed by atoms with van der Waals surface area (Å²) in [6.07, 6.45) is 1.02. The van der Waals surface area contributed by atoms with Crippen LogP contribution in [0.4, 0.5) is 0 Å². The zero-order valence-corrected chi connectivity index (χ0v) is 12.1. The average molecular weight is 253 g/mol. The van der Waals surface area contributed by atoms with E-state index < -0.39 is 0 Å². The highest BCUT2D eigenvalue weighted by molar-refractivity contribution is 5.34. The molecule has 0 heterocycles. The molecule has 0 amide bonds. The Labute approximate surface area is 116 Å². The summed E-state index contributed by atoms with van der Waals surface area (Å²) < 4.78 is 0. The van der Waals surface area contributed by atoms with Gasteiger partial charge < -0.3 is 5.73 Å². The summed E-state index contributed by atoms with van der Waals surface area (Å²) >= 11 is 0. The quantitative estimate of drug-likeness (QED) is 0.878. The minimum Gasteiger partial charge on any atom is -0.330 e. The minimum atomic E-state index is 0.405. The van der Waals surface area contributed by atoms with E-state index in [0.29, 0.717) is 12.5 Å². The third kappa shape index (κ3) is 3.45. The first-order valence-electron chi connectivity index (χ1n) is 6.93. The van der Waals surface area contributed by atoms with Crippen LogP contribution in [0, 0.1) is 20.8 Å². The molecular weight excluding hydrogens is 230 g/mol. The van der Waals surface area contributed by atoms with Crippen LogP contribution in [-0.2, 0) is 6.42 Å². The van der Waals surface area contributed by atoms with E-state index in [2.05, 4.69) is 63.2 Å². The van der Waals surface area contributed by atoms with Gasteiger partial charge in [-0.3, -0.25) is 0 Å². The second-order valence-electron chi connectivity index (χ2n) is 5.49. The van der Waals surface area contributed by atoms with E-state index in [1.54, 1.807) is 0 Å². The second-order valence-corrected chi connectivity index (χ2v) is 5.49. The monoisotopic (exact) mass is 253 g/mol. The van der Waals surface area contributed by atoms with Crippen LogP contribution in [0.2, 0.25) is 0 Å². The SMILES string of the molecule is Cc1cc(C)cc(CC(CN)c2ccccc2C)c1. The van der Waals surface area contributed by atoms with Gasteiger partial charge in [-0.15, -0.1) is 0 Å². The predicted octanol–water partition coefficient (Wildman–Crippen LogP) is 3.90. The van der Waals surface area contributed by atoms with Crippen molar-refractivity contribution in [2.24, 2.45) is 5.73 Å². The molecule has 0 aliphatic carbocycles. The van der Waals surface area contributed by atoms with Gasteiger partial charge in [-0.25, -0.2) is 0 Å². The molecule has 0 spiro atoms. The summed E-state index contributed by atoms with van der Waals surface area (Å²) in [5.74, 6) is 0.405. The average Bonchev–Trinajstić information content (AvgIpc) is 2.36. The molecule has 1 heteroatoms. The summed E-state index contributed by atoms with van der Waals surface area (Å²) in [5, 5.41) is 0. The highest BCUT2D eigenvalue weighted by atomic mass is 14.5. The van der Waals surface area contributed by atoms with Crippen molar-refractivity contribution in [1.29, 1.82) is 0 Å². The van der Waals surface area contributed by atoms with Crippen molar-refractivity contribution in [3.8, 4) is 0 Å². The Hall–Kier alpha value is -1.60. The fourth-order valence-electron chi connectivity index (χ4n) is 2.84. The summed E-state index contributed by atoms with van der Waals surface area (Å²) in [7, 11) is 0. The topological polar surface area (TPSA) is 26.0 Å². The zero-order chi connectivity index (χ0) is 13.8. The van der Waals surface area contributed by atoms with Crippen molar-refractivity contribution < 1.29 is 0 Å². The summed E-state index contributed by atoms with van der Waals surface area (Å²) in [4.78, 5) is 0. The van der Waals surface area contributed by atoms with E-state index in [-0.39, 0.29) is 0 Å². The third-order valence-electron chi connectivity index (χ3n) is 3.68. The first-order chi connectivity index (χ1) is 9.10. The Kier molecular flexibility index (Phi) is 4.39. The second kappa shape index (κ2) is 6.03. The fraction of sp³-hybridized carbons (Fsp3) is 0.333. The number of hydrogen-bond acceptors (Lipinski definition) is 1. The maximum absolute atomic E-state index is 6.00. The number of aryl methyl sites for hydroxylation is 3. The zero-order valence-electron chi connectivity index (χ0n) is 12.1. The Morgan fingerprint density at radius 1 is 0.947 bits per heavy atom. The molecule has 100 valence electrons. The molecule has 0 saturated heterocycles. The van der Waals surface area contributed by atoms with E-state index in [1.165, 1.54) is 27.8 Å². The molecule has 2 rings (SSSR count). The predicted molar refractivity (Wildman–Crippen MR) is 82.6 cm³/mol. The van der Waals surface area contributed by atoms with Crippen molar-refractivity contribution in [2.75, 3.05) is 6.54 Å². The van der Waals surface area contributed by atoms with E-state index in [0.717, 1.165) is 6.42 Å². The fourth-order valence-corrected chi connectivity index (χ4v) is 2.84. The van der Waals surface area contributed by atoms with Gasteiger partial charge in [-0.2, -0.15) is 0 Å². The van der Waals surface area contributed by atoms with E-state index in [9.17, 15) is 0 Å². The highest BCUT2D eigenvalue weighted by Gasteiger charge is 2.13. The molecule has 0 bridgehead atoms. The Morgan fingerprint density at radius 2 is 1.58 bits per heavy atom. The molecule has 2 aromatic rings. The van der Waals surface area contributed by atoms with Crippen LogP contribution in [0.1, 0.15) is 33.7 Å². The molecule has 0 radical (unpaired) electrons. The third-order valence-corrected chi connectivity index (χ3v) is 3.68. The summed E-state index contributed by atoms with van der Waals surface area (Å²) in [5.41, 5.74) is 12.8. The van der Waals surface area contributed by atoms with Gasteiger partial charge in [0.2, 0.25) is 0 Å². The van der Waals surface area contributed by atoms with Gasteiger partial charge in [0.15, 0.2) is 0 Å². The summed E-state index contributed by atoms with van der Waals surface area (Å²) in [6, 6.07) is 15.3. The van der Waals surface area contributed by atoms with Crippen LogP contribution in [0.15, 0.2) is 42.5 Å². The number of nitrogens with two attached hydrogens (primary N) is 1. The van der Waals surface area contributed by atoms with Gasteiger partial charge >= 0.3 is 0 Å². The van der Waals surface area contributed by atoms with Crippen molar-refractivity contribution in [3.05, 3.63) is 70.3 Å². The molecule has 19 heavy (non-hydrogen) atoms. The maximum atomic E-state index is 6.00. The van der Waals surface area contributed by atoms with Crippen LogP contribution < -0.4 is 5.73 Å². The molecule has 1 nitrogen and oxygen atoms in total. The van der Waals surface area contributed by atoms with Crippen LogP contribution in [0.3, 0.4) is 0 Å². The van der Waals surface area contributed by atoms with Crippen molar-refractivity contribution >= 4 is 0 Å². The normalized spacial score (nSPS) is 12.4. The van der Waals surface area contributed by atoms with Gasteiger partial charge in [0.1, 0.15) is 0 Å². The smallest absolute Gasteiger partial charge is 0.000419 e. The standard InChI is InChI=1S/C18H23N/c1-13-8-14(2)10-16(9-13)11-17(12-19)18-7-5-4-6-15(18)3/h4-10,17H,11-12,19H2,1-3H3. The number of rotatable bonds is 4. The van der Waals surface area contributed by atoms with Gasteiger partial charge in [-0.05, 0) is 50.4 Å². The van der Waals surface area contributed by atoms with E-state index in [4.69, 9.17) is 5.73 Å². The molecular formula is C18H23N. The van der Waals surface area contributed by atoms with E-state index in [1.807, 2.05) is 0 Å². The Morgan fingerprint density at radius 3 is 2.16 bits per heavy atom. The van der Waals surface area contributed by atoms with Crippen LogP contribution >= 0.6 is 0 Å². The summed E-state index contributed by atoms with van der Waals surface area (Å²) in [6.45, 7) is 7.17. The Balaban J connectivity index is 2.26. The van der Waals surface area contributed by atoms with Crippen LogP contribution in [-0.4, -0.2) is 6.54 Å². The molecule has 0 saturated carbocycles. The van der Waals surface area contributed by atoms with Crippen LogP contribution in [0.5, 0.6) is 0 Å². The lowest BCUT2D eigenvalue weighted by Gasteiger charge is -2.18. The number of hydrogen-bond donors (Lipinski definition) is 1. The van der Waals surface area contributed by atoms with Crippen LogP contribution in [0.25, 0.3) is 0 Å². The van der Waals surface area contributed by atoms with Gasteiger partial charge in [-0.1, -0.05) is 53.6 Å². The lowest BCUT2D eigenvalue weighted by atomic mass is 9.88. The minimum absolute atomic E-state index is 0.405. The largest absolute Gasteiger partial charge is 0.330 e. The molecule has 0 aromatic heterocycles. The first kappa shape index (κ1) is 13.8. The van der Waals surface area contributed by atoms with Crippen molar-refractivity contribution in [2.45, 2.75) is 33.1 Å². The lowest BCUT2D eigenvalue weighted by Crippen LogP contribution is -2.16. The van der Waals surface area contributed by atoms with Crippen molar-refractivity contribution in [1.82, 2.24) is 0 Å². The first-order valence-corrected chi connectivity index (χ1v) is 6.93. The molecule has 1 atom stereocenters. The van der Waals surface area contributed by atoms with Crippen molar-refractivity contribution in [3.63, 3.8) is 0 Å². The number of benzene rings is 2. The molecule has 0 fully saturated rings. The molecule has 2 aromatic carbocycles. The lowest BCUT2D eigenvalue weighted by molar-refractivity contribution is 0.689. The molecule has 0 aliphatic rings. The molecule has 1 unspecified atom stereocenters.